The van der Waals surface area contributed by atoms with Gasteiger partial charge in [0.25, 0.3) is 0 Å². The van der Waals surface area contributed by atoms with Crippen LogP contribution in [0.3, 0.4) is 0 Å². The minimum atomic E-state index is -0.422. The van der Waals surface area contributed by atoms with Gasteiger partial charge in [-0.1, -0.05) is 13.8 Å². The van der Waals surface area contributed by atoms with Crippen LogP contribution in [0.1, 0.15) is 48.0 Å². The fourth-order valence-corrected chi connectivity index (χ4v) is 1.49. The third kappa shape index (κ3) is 10.4. The van der Waals surface area contributed by atoms with Crippen molar-refractivity contribution in [3.8, 4) is 0 Å². The van der Waals surface area contributed by atoms with Gasteiger partial charge in [0.1, 0.15) is 0 Å². The molecular formula is C13H29NO2. The summed E-state index contributed by atoms with van der Waals surface area (Å²) in [7, 11) is 0. The molecule has 16 heavy (non-hydrogen) atoms. The Balaban J connectivity index is 3.61. The third-order valence-electron chi connectivity index (χ3n) is 2.24. The minimum Gasteiger partial charge on any atom is -0.389 e. The van der Waals surface area contributed by atoms with Crippen LogP contribution < -0.4 is 5.32 Å². The van der Waals surface area contributed by atoms with Crippen LogP contribution in [0, 0.1) is 5.92 Å². The highest BCUT2D eigenvalue weighted by Gasteiger charge is 2.13. The molecule has 0 aromatic rings. The zero-order chi connectivity index (χ0) is 12.8. The van der Waals surface area contributed by atoms with Crippen molar-refractivity contribution in [3.05, 3.63) is 0 Å². The van der Waals surface area contributed by atoms with E-state index >= 15 is 0 Å². The summed E-state index contributed by atoms with van der Waals surface area (Å²) in [6, 6.07) is 0. The number of nitrogens with one attached hydrogen (secondary N) is 1. The van der Waals surface area contributed by atoms with Gasteiger partial charge in [-0.2, -0.15) is 0 Å². The second-order valence-corrected chi connectivity index (χ2v) is 6.06. The molecule has 3 heteroatoms. The van der Waals surface area contributed by atoms with Gasteiger partial charge in [-0.15, -0.1) is 0 Å². The standard InChI is InChI=1S/C13H29NO2/c1-10(2)7-11(3)16-9-12(15)8-14-13(4,5)6/h10-12,14-15H,7-9H2,1-6H3. The molecule has 0 aliphatic rings. The summed E-state index contributed by atoms with van der Waals surface area (Å²) >= 11 is 0. The SMILES string of the molecule is CC(C)CC(C)OCC(O)CNC(C)(C)C. The van der Waals surface area contributed by atoms with Crippen molar-refractivity contribution in [2.75, 3.05) is 13.2 Å². The van der Waals surface area contributed by atoms with Gasteiger partial charge in [-0.25, -0.2) is 0 Å². The highest BCUT2D eigenvalue weighted by atomic mass is 16.5. The van der Waals surface area contributed by atoms with Gasteiger partial charge < -0.3 is 15.2 Å². The van der Waals surface area contributed by atoms with E-state index in [9.17, 15) is 5.11 Å². The van der Waals surface area contributed by atoms with E-state index in [2.05, 4.69) is 46.9 Å². The molecule has 2 unspecified atom stereocenters. The first-order valence-electron chi connectivity index (χ1n) is 6.25. The van der Waals surface area contributed by atoms with Crippen molar-refractivity contribution in [3.63, 3.8) is 0 Å². The third-order valence-corrected chi connectivity index (χ3v) is 2.24. The van der Waals surface area contributed by atoms with E-state index in [1.165, 1.54) is 0 Å². The van der Waals surface area contributed by atoms with Crippen molar-refractivity contribution in [1.82, 2.24) is 5.32 Å². The molecule has 0 fully saturated rings. The lowest BCUT2D eigenvalue weighted by Gasteiger charge is -2.24. The van der Waals surface area contributed by atoms with E-state index in [0.717, 1.165) is 6.42 Å². The Morgan fingerprint density at radius 3 is 2.19 bits per heavy atom. The van der Waals surface area contributed by atoms with Crippen LogP contribution in [0.4, 0.5) is 0 Å². The second kappa shape index (κ2) is 7.25. The predicted octanol–water partition coefficient (Wildman–Crippen LogP) is 2.19. The maximum absolute atomic E-state index is 9.71. The summed E-state index contributed by atoms with van der Waals surface area (Å²) in [6.45, 7) is 13.7. The number of aliphatic hydroxyl groups excluding tert-OH is 1. The van der Waals surface area contributed by atoms with Gasteiger partial charge in [0.05, 0.1) is 18.8 Å². The topological polar surface area (TPSA) is 41.5 Å². The number of hydrogen-bond donors (Lipinski definition) is 2. The fraction of sp³-hybridized carbons (Fsp3) is 1.00. The first kappa shape index (κ1) is 15.9. The number of ether oxygens (including phenoxy) is 1. The monoisotopic (exact) mass is 231 g/mol. The highest BCUT2D eigenvalue weighted by molar-refractivity contribution is 4.72. The van der Waals surface area contributed by atoms with Crippen LogP contribution in [0.15, 0.2) is 0 Å². The average molecular weight is 231 g/mol. The molecule has 2 N–H and O–H groups in total. The van der Waals surface area contributed by atoms with Crippen molar-refractivity contribution >= 4 is 0 Å². The number of β-amino-alcohol motifs (C(OH)–C–C–N with tert-alkyl or cyclic N) is 1. The van der Waals surface area contributed by atoms with Crippen LogP contribution >= 0.6 is 0 Å². The predicted molar refractivity (Wildman–Crippen MR) is 68.6 cm³/mol. The molecule has 2 atom stereocenters. The molecule has 0 radical (unpaired) electrons. The first-order chi connectivity index (χ1) is 7.20. The van der Waals surface area contributed by atoms with Crippen LogP contribution in [-0.2, 0) is 4.74 Å². The zero-order valence-electron chi connectivity index (χ0n) is 11.7. The zero-order valence-corrected chi connectivity index (χ0v) is 11.7. The van der Waals surface area contributed by atoms with Crippen molar-refractivity contribution in [2.45, 2.75) is 65.7 Å². The molecule has 0 saturated heterocycles. The van der Waals surface area contributed by atoms with Crippen molar-refractivity contribution < 1.29 is 9.84 Å². The Kier molecular flexibility index (Phi) is 7.20. The van der Waals surface area contributed by atoms with E-state index < -0.39 is 6.10 Å². The molecule has 0 bridgehead atoms. The maximum Gasteiger partial charge on any atom is 0.0898 e. The van der Waals surface area contributed by atoms with Gasteiger partial charge >= 0.3 is 0 Å². The molecule has 0 rings (SSSR count). The Bertz CT molecular complexity index is 175. The summed E-state index contributed by atoms with van der Waals surface area (Å²) in [5.41, 5.74) is 0.0462. The summed E-state index contributed by atoms with van der Waals surface area (Å²) in [4.78, 5) is 0. The maximum atomic E-state index is 9.71. The summed E-state index contributed by atoms with van der Waals surface area (Å²) < 4.78 is 5.59. The molecule has 0 aliphatic heterocycles. The molecule has 98 valence electrons. The molecule has 0 amide bonds. The fourth-order valence-electron chi connectivity index (χ4n) is 1.49. The van der Waals surface area contributed by atoms with E-state index in [0.29, 0.717) is 19.1 Å². The lowest BCUT2D eigenvalue weighted by molar-refractivity contribution is -0.0101. The Morgan fingerprint density at radius 2 is 1.75 bits per heavy atom. The van der Waals surface area contributed by atoms with Gasteiger partial charge in [-0.05, 0) is 40.0 Å². The van der Waals surface area contributed by atoms with Crippen LogP contribution in [0.2, 0.25) is 0 Å². The van der Waals surface area contributed by atoms with Crippen molar-refractivity contribution in [1.29, 1.82) is 0 Å². The molecule has 0 spiro atoms. The summed E-state index contributed by atoms with van der Waals surface area (Å²) in [6.07, 6.45) is 0.845. The van der Waals surface area contributed by atoms with Gasteiger partial charge in [0.2, 0.25) is 0 Å². The largest absolute Gasteiger partial charge is 0.389 e. The average Bonchev–Trinajstić information content (AvgIpc) is 2.09. The summed E-state index contributed by atoms with van der Waals surface area (Å²) in [5.74, 6) is 0.639. The van der Waals surface area contributed by atoms with Gasteiger partial charge in [0, 0.05) is 12.1 Å². The minimum absolute atomic E-state index is 0.0462. The van der Waals surface area contributed by atoms with Crippen LogP contribution in [0.5, 0.6) is 0 Å². The van der Waals surface area contributed by atoms with Crippen molar-refractivity contribution in [2.24, 2.45) is 5.92 Å². The first-order valence-corrected chi connectivity index (χ1v) is 6.25. The summed E-state index contributed by atoms with van der Waals surface area (Å²) in [5, 5.41) is 13.0. The molecule has 0 aliphatic carbocycles. The molecule has 0 saturated carbocycles. The van der Waals surface area contributed by atoms with E-state index in [4.69, 9.17) is 4.74 Å². The molecule has 0 aromatic heterocycles. The lowest BCUT2D eigenvalue weighted by Crippen LogP contribution is -2.42. The molecule has 3 nitrogen and oxygen atoms in total. The van der Waals surface area contributed by atoms with Gasteiger partial charge in [-0.3, -0.25) is 0 Å². The van der Waals surface area contributed by atoms with Crippen LogP contribution in [0.25, 0.3) is 0 Å². The Labute approximate surface area is 101 Å². The molecular weight excluding hydrogens is 202 g/mol. The smallest absolute Gasteiger partial charge is 0.0898 e. The van der Waals surface area contributed by atoms with E-state index in [1.54, 1.807) is 0 Å². The second-order valence-electron chi connectivity index (χ2n) is 6.06. The quantitative estimate of drug-likeness (QED) is 0.705. The normalized spacial score (nSPS) is 16.5. The lowest BCUT2D eigenvalue weighted by atomic mass is 10.1. The Morgan fingerprint density at radius 1 is 1.19 bits per heavy atom. The highest BCUT2D eigenvalue weighted by Crippen LogP contribution is 2.07. The number of hydrogen-bond acceptors (Lipinski definition) is 3. The van der Waals surface area contributed by atoms with E-state index in [-0.39, 0.29) is 11.6 Å². The van der Waals surface area contributed by atoms with Gasteiger partial charge in [0.15, 0.2) is 0 Å². The molecule has 0 heterocycles. The van der Waals surface area contributed by atoms with Crippen LogP contribution in [-0.4, -0.2) is 36.0 Å². The van der Waals surface area contributed by atoms with E-state index in [1.807, 2.05) is 0 Å². The number of rotatable bonds is 7. The Hall–Kier alpha value is -0.120. The number of aliphatic hydroxyl groups is 1. The molecule has 0 aromatic carbocycles.